The van der Waals surface area contributed by atoms with Crippen molar-refractivity contribution in [1.82, 2.24) is 10.2 Å². The van der Waals surface area contributed by atoms with E-state index in [9.17, 15) is 0 Å². The molecule has 0 aromatic rings. The molecule has 3 rings (SSSR count). The quantitative estimate of drug-likeness (QED) is 0.851. The molecule has 18 heavy (non-hydrogen) atoms. The third kappa shape index (κ3) is 3.83. The van der Waals surface area contributed by atoms with Crippen LogP contribution in [0.15, 0.2) is 0 Å². The van der Waals surface area contributed by atoms with Gasteiger partial charge in [-0.2, -0.15) is 0 Å². The van der Waals surface area contributed by atoms with Gasteiger partial charge in [0.15, 0.2) is 0 Å². The van der Waals surface area contributed by atoms with Crippen molar-refractivity contribution < 1.29 is 4.74 Å². The first-order valence-corrected chi connectivity index (χ1v) is 7.40. The summed E-state index contributed by atoms with van der Waals surface area (Å²) in [5.74, 6) is 1.75. The molecule has 0 bridgehead atoms. The SMILES string of the molecule is CC1CN(CC2CCCNC2)CC(C2CC2)O1.Cl. The third-order valence-electron chi connectivity index (χ3n) is 4.42. The van der Waals surface area contributed by atoms with Crippen molar-refractivity contribution in [2.24, 2.45) is 11.8 Å². The Kier molecular flexibility index (Phi) is 5.31. The maximum absolute atomic E-state index is 6.07. The lowest BCUT2D eigenvalue weighted by Gasteiger charge is -2.39. The summed E-state index contributed by atoms with van der Waals surface area (Å²) >= 11 is 0. The second-order valence-corrected chi connectivity index (χ2v) is 6.25. The third-order valence-corrected chi connectivity index (χ3v) is 4.42. The molecular weight excluding hydrogens is 248 g/mol. The molecule has 3 aliphatic rings. The smallest absolute Gasteiger partial charge is 0.0734 e. The Hall–Kier alpha value is 0.170. The number of ether oxygens (including phenoxy) is 1. The summed E-state index contributed by atoms with van der Waals surface area (Å²) < 4.78 is 6.07. The van der Waals surface area contributed by atoms with Crippen LogP contribution in [0.3, 0.4) is 0 Å². The number of morpholine rings is 1. The molecule has 1 saturated carbocycles. The minimum atomic E-state index is 0. The first kappa shape index (κ1) is 14.6. The lowest BCUT2D eigenvalue weighted by atomic mass is 9.98. The molecule has 4 heteroatoms. The molecule has 2 aliphatic heterocycles. The van der Waals surface area contributed by atoms with Crippen molar-refractivity contribution in [2.45, 2.75) is 44.8 Å². The Labute approximate surface area is 117 Å². The molecule has 2 heterocycles. The molecule has 3 unspecified atom stereocenters. The van der Waals surface area contributed by atoms with E-state index in [2.05, 4.69) is 17.1 Å². The molecule has 3 fully saturated rings. The zero-order valence-corrected chi connectivity index (χ0v) is 12.3. The van der Waals surface area contributed by atoms with Crippen LogP contribution in [0.1, 0.15) is 32.6 Å². The van der Waals surface area contributed by atoms with Gasteiger partial charge in [-0.3, -0.25) is 4.90 Å². The minimum absolute atomic E-state index is 0. The lowest BCUT2D eigenvalue weighted by Crippen LogP contribution is -2.50. The van der Waals surface area contributed by atoms with E-state index in [0.717, 1.165) is 18.4 Å². The Bertz CT molecular complexity index is 254. The molecule has 0 aromatic carbocycles. The van der Waals surface area contributed by atoms with Crippen molar-refractivity contribution in [3.63, 3.8) is 0 Å². The number of hydrogen-bond donors (Lipinski definition) is 1. The summed E-state index contributed by atoms with van der Waals surface area (Å²) in [4.78, 5) is 2.66. The molecule has 2 saturated heterocycles. The first-order valence-electron chi connectivity index (χ1n) is 7.40. The monoisotopic (exact) mass is 274 g/mol. The number of rotatable bonds is 3. The highest BCUT2D eigenvalue weighted by molar-refractivity contribution is 5.85. The molecule has 3 nitrogen and oxygen atoms in total. The van der Waals surface area contributed by atoms with Gasteiger partial charge in [0, 0.05) is 19.6 Å². The molecule has 0 amide bonds. The number of piperidine rings is 1. The van der Waals surface area contributed by atoms with Gasteiger partial charge in [0.2, 0.25) is 0 Å². The van der Waals surface area contributed by atoms with Gasteiger partial charge in [0.25, 0.3) is 0 Å². The number of nitrogens with zero attached hydrogens (tertiary/aromatic N) is 1. The van der Waals surface area contributed by atoms with E-state index in [1.165, 1.54) is 51.9 Å². The highest BCUT2D eigenvalue weighted by Crippen LogP contribution is 2.36. The molecule has 3 atom stereocenters. The van der Waals surface area contributed by atoms with Crippen LogP contribution >= 0.6 is 12.4 Å². The number of nitrogens with one attached hydrogen (secondary N) is 1. The van der Waals surface area contributed by atoms with Gasteiger partial charge in [-0.1, -0.05) is 0 Å². The lowest BCUT2D eigenvalue weighted by molar-refractivity contribution is -0.0893. The van der Waals surface area contributed by atoms with E-state index in [1.54, 1.807) is 0 Å². The van der Waals surface area contributed by atoms with Crippen molar-refractivity contribution in [3.8, 4) is 0 Å². The molecule has 1 N–H and O–H groups in total. The van der Waals surface area contributed by atoms with Crippen LogP contribution in [-0.4, -0.2) is 49.8 Å². The number of hydrogen-bond acceptors (Lipinski definition) is 3. The summed E-state index contributed by atoms with van der Waals surface area (Å²) in [5, 5.41) is 3.52. The van der Waals surface area contributed by atoms with E-state index < -0.39 is 0 Å². The molecule has 1 aliphatic carbocycles. The minimum Gasteiger partial charge on any atom is -0.372 e. The standard InChI is InChI=1S/C14H26N2O.ClH/c1-11-8-16(9-12-3-2-6-15-7-12)10-14(17-11)13-4-5-13;/h11-15H,2-10H2,1H3;1H. The van der Waals surface area contributed by atoms with E-state index >= 15 is 0 Å². The normalized spacial score (nSPS) is 38.2. The highest BCUT2D eigenvalue weighted by atomic mass is 35.5. The maximum atomic E-state index is 6.07. The first-order chi connectivity index (χ1) is 8.31. The zero-order valence-electron chi connectivity index (χ0n) is 11.4. The second-order valence-electron chi connectivity index (χ2n) is 6.25. The van der Waals surface area contributed by atoms with Gasteiger partial charge in [0.05, 0.1) is 12.2 Å². The van der Waals surface area contributed by atoms with Crippen LogP contribution < -0.4 is 5.32 Å². The largest absolute Gasteiger partial charge is 0.372 e. The fraction of sp³-hybridized carbons (Fsp3) is 1.00. The van der Waals surface area contributed by atoms with E-state index in [-0.39, 0.29) is 12.4 Å². The summed E-state index contributed by atoms with van der Waals surface area (Å²) in [6.45, 7) is 8.29. The second kappa shape index (κ2) is 6.56. The Balaban J connectivity index is 0.00000120. The summed E-state index contributed by atoms with van der Waals surface area (Å²) in [7, 11) is 0. The van der Waals surface area contributed by atoms with Gasteiger partial charge in [-0.05, 0) is 57.5 Å². The topological polar surface area (TPSA) is 24.5 Å². The Morgan fingerprint density at radius 1 is 1.22 bits per heavy atom. The molecular formula is C14H27ClN2O. The maximum Gasteiger partial charge on any atom is 0.0734 e. The average molecular weight is 275 g/mol. The fourth-order valence-corrected chi connectivity index (χ4v) is 3.40. The van der Waals surface area contributed by atoms with Gasteiger partial charge >= 0.3 is 0 Å². The summed E-state index contributed by atoms with van der Waals surface area (Å²) in [6.07, 6.45) is 6.54. The van der Waals surface area contributed by atoms with E-state index in [1.807, 2.05) is 0 Å². The summed E-state index contributed by atoms with van der Waals surface area (Å²) in [5.41, 5.74) is 0. The molecule has 0 spiro atoms. The van der Waals surface area contributed by atoms with E-state index in [0.29, 0.717) is 12.2 Å². The fourth-order valence-electron chi connectivity index (χ4n) is 3.40. The van der Waals surface area contributed by atoms with Crippen LogP contribution in [0.2, 0.25) is 0 Å². The molecule has 0 radical (unpaired) electrons. The van der Waals surface area contributed by atoms with Gasteiger partial charge < -0.3 is 10.1 Å². The van der Waals surface area contributed by atoms with Crippen LogP contribution in [0.4, 0.5) is 0 Å². The van der Waals surface area contributed by atoms with Crippen molar-refractivity contribution >= 4 is 12.4 Å². The molecule has 106 valence electrons. The summed E-state index contributed by atoms with van der Waals surface area (Å²) in [6, 6.07) is 0. The van der Waals surface area contributed by atoms with Crippen LogP contribution in [0.5, 0.6) is 0 Å². The molecule has 0 aromatic heterocycles. The van der Waals surface area contributed by atoms with Gasteiger partial charge in [0.1, 0.15) is 0 Å². The van der Waals surface area contributed by atoms with Crippen LogP contribution in [-0.2, 0) is 4.74 Å². The zero-order chi connectivity index (χ0) is 11.7. The Morgan fingerprint density at radius 2 is 2.06 bits per heavy atom. The van der Waals surface area contributed by atoms with Crippen LogP contribution in [0.25, 0.3) is 0 Å². The van der Waals surface area contributed by atoms with Crippen molar-refractivity contribution in [3.05, 3.63) is 0 Å². The average Bonchev–Trinajstić information content (AvgIpc) is 3.13. The van der Waals surface area contributed by atoms with Crippen molar-refractivity contribution in [1.29, 1.82) is 0 Å². The van der Waals surface area contributed by atoms with Gasteiger partial charge in [-0.25, -0.2) is 0 Å². The number of halogens is 1. The van der Waals surface area contributed by atoms with E-state index in [4.69, 9.17) is 4.74 Å². The van der Waals surface area contributed by atoms with Gasteiger partial charge in [-0.15, -0.1) is 12.4 Å². The van der Waals surface area contributed by atoms with Crippen molar-refractivity contribution in [2.75, 3.05) is 32.7 Å². The van der Waals surface area contributed by atoms with Crippen LogP contribution in [0, 0.1) is 11.8 Å². The predicted molar refractivity (Wildman–Crippen MR) is 76.3 cm³/mol. The predicted octanol–water partition coefficient (Wildman–Crippen LogP) is 1.91. The highest BCUT2D eigenvalue weighted by Gasteiger charge is 2.37. The Morgan fingerprint density at radius 3 is 2.72 bits per heavy atom.